The molecule has 2 nitrogen and oxygen atoms in total. The van der Waals surface area contributed by atoms with Gasteiger partial charge < -0.3 is 4.74 Å². The number of ether oxygens (including phenoxy) is 1. The summed E-state index contributed by atoms with van der Waals surface area (Å²) in [6.45, 7) is 9.08. The summed E-state index contributed by atoms with van der Waals surface area (Å²) in [5, 5.41) is 0. The van der Waals surface area contributed by atoms with Gasteiger partial charge in [-0.05, 0) is 38.8 Å². The molecule has 1 aromatic heterocycles. The van der Waals surface area contributed by atoms with Gasteiger partial charge in [0.2, 0.25) is 5.88 Å². The third kappa shape index (κ3) is 2.72. The molecule has 1 aromatic rings. The van der Waals surface area contributed by atoms with Crippen LogP contribution in [0.5, 0.6) is 5.88 Å². The molecule has 0 unspecified atom stereocenters. The van der Waals surface area contributed by atoms with Gasteiger partial charge in [-0.1, -0.05) is 13.3 Å². The van der Waals surface area contributed by atoms with Crippen LogP contribution in [0.15, 0.2) is 6.07 Å². The fourth-order valence-electron chi connectivity index (χ4n) is 1.32. The van der Waals surface area contributed by atoms with Crippen molar-refractivity contribution >= 4 is 0 Å². The number of rotatable bonds is 4. The maximum atomic E-state index is 5.63. The number of unbranched alkanes of at least 4 members (excludes halogenated alkanes) is 1. The highest BCUT2D eigenvalue weighted by Crippen LogP contribution is 2.19. The molecule has 0 amide bonds. The van der Waals surface area contributed by atoms with Crippen molar-refractivity contribution in [1.29, 1.82) is 0 Å². The van der Waals surface area contributed by atoms with Crippen LogP contribution >= 0.6 is 0 Å². The molecule has 0 aliphatic rings. The highest BCUT2D eigenvalue weighted by molar-refractivity contribution is 5.34. The standard InChI is InChI=1S/C12H19NO/c1-5-6-7-14-12-11(4)9(2)8-10(3)13-12/h8H,5-7H2,1-4H3. The largest absolute Gasteiger partial charge is 0.477 e. The van der Waals surface area contributed by atoms with E-state index >= 15 is 0 Å². The van der Waals surface area contributed by atoms with Crippen molar-refractivity contribution in [3.8, 4) is 5.88 Å². The van der Waals surface area contributed by atoms with E-state index in [0.29, 0.717) is 0 Å². The highest BCUT2D eigenvalue weighted by Gasteiger charge is 2.04. The SMILES string of the molecule is CCCCOc1nc(C)cc(C)c1C. The van der Waals surface area contributed by atoms with Crippen LogP contribution in [0, 0.1) is 20.8 Å². The van der Waals surface area contributed by atoms with Gasteiger partial charge in [0.1, 0.15) is 0 Å². The average Bonchev–Trinajstić information content (AvgIpc) is 2.13. The summed E-state index contributed by atoms with van der Waals surface area (Å²) in [5.41, 5.74) is 3.44. The topological polar surface area (TPSA) is 22.1 Å². The molecule has 0 saturated heterocycles. The molecule has 14 heavy (non-hydrogen) atoms. The molecule has 0 aliphatic carbocycles. The highest BCUT2D eigenvalue weighted by atomic mass is 16.5. The Morgan fingerprint density at radius 3 is 2.64 bits per heavy atom. The first-order valence-corrected chi connectivity index (χ1v) is 5.22. The molecule has 0 atom stereocenters. The van der Waals surface area contributed by atoms with Gasteiger partial charge in [-0.2, -0.15) is 0 Å². The molecule has 0 N–H and O–H groups in total. The summed E-state index contributed by atoms with van der Waals surface area (Å²) >= 11 is 0. The molecule has 0 aromatic carbocycles. The molecule has 0 radical (unpaired) electrons. The minimum absolute atomic E-state index is 0.771. The van der Waals surface area contributed by atoms with Crippen LogP contribution in [-0.2, 0) is 0 Å². The van der Waals surface area contributed by atoms with Crippen LogP contribution in [0.2, 0.25) is 0 Å². The molecule has 2 heteroatoms. The Labute approximate surface area is 86.3 Å². The third-order valence-electron chi connectivity index (χ3n) is 2.35. The van der Waals surface area contributed by atoms with E-state index in [-0.39, 0.29) is 0 Å². The lowest BCUT2D eigenvalue weighted by atomic mass is 10.1. The second kappa shape index (κ2) is 4.99. The van der Waals surface area contributed by atoms with E-state index in [1.54, 1.807) is 0 Å². The Balaban J connectivity index is 2.75. The van der Waals surface area contributed by atoms with Gasteiger partial charge in [-0.25, -0.2) is 4.98 Å². The second-order valence-corrected chi connectivity index (χ2v) is 3.71. The number of pyridine rings is 1. The van der Waals surface area contributed by atoms with Crippen molar-refractivity contribution in [2.45, 2.75) is 40.5 Å². The summed E-state index contributed by atoms with van der Waals surface area (Å²) in [6, 6.07) is 2.09. The van der Waals surface area contributed by atoms with Crippen LogP contribution in [0.1, 0.15) is 36.6 Å². The predicted molar refractivity (Wildman–Crippen MR) is 58.9 cm³/mol. The summed E-state index contributed by atoms with van der Waals surface area (Å²) in [7, 11) is 0. The molecule has 1 heterocycles. The zero-order chi connectivity index (χ0) is 10.6. The maximum Gasteiger partial charge on any atom is 0.216 e. The fraction of sp³-hybridized carbons (Fsp3) is 0.583. The van der Waals surface area contributed by atoms with Gasteiger partial charge in [0.05, 0.1) is 6.61 Å². The molecule has 0 aliphatic heterocycles. The van der Waals surface area contributed by atoms with Gasteiger partial charge in [-0.15, -0.1) is 0 Å². The summed E-state index contributed by atoms with van der Waals surface area (Å²) in [6.07, 6.45) is 2.25. The molecule has 0 fully saturated rings. The summed E-state index contributed by atoms with van der Waals surface area (Å²) < 4.78 is 5.63. The predicted octanol–water partition coefficient (Wildman–Crippen LogP) is 3.19. The molecule has 1 rings (SSSR count). The normalized spacial score (nSPS) is 10.3. The molecular formula is C12H19NO. The van der Waals surface area contributed by atoms with Crippen molar-refractivity contribution in [3.05, 3.63) is 22.9 Å². The smallest absolute Gasteiger partial charge is 0.216 e. The van der Waals surface area contributed by atoms with E-state index in [1.807, 2.05) is 6.92 Å². The first kappa shape index (κ1) is 11.0. The van der Waals surface area contributed by atoms with E-state index in [4.69, 9.17) is 4.74 Å². The second-order valence-electron chi connectivity index (χ2n) is 3.71. The van der Waals surface area contributed by atoms with Crippen LogP contribution in [0.3, 0.4) is 0 Å². The molecule has 0 saturated carbocycles. The van der Waals surface area contributed by atoms with Gasteiger partial charge in [0.15, 0.2) is 0 Å². The zero-order valence-electron chi connectivity index (χ0n) is 9.55. The van der Waals surface area contributed by atoms with Crippen molar-refractivity contribution in [2.75, 3.05) is 6.61 Å². The van der Waals surface area contributed by atoms with Crippen LogP contribution in [0.4, 0.5) is 0 Å². The Bertz CT molecular complexity index is 307. The van der Waals surface area contributed by atoms with Crippen molar-refractivity contribution in [3.63, 3.8) is 0 Å². The van der Waals surface area contributed by atoms with Crippen molar-refractivity contribution in [1.82, 2.24) is 4.98 Å². The van der Waals surface area contributed by atoms with E-state index in [1.165, 1.54) is 5.56 Å². The third-order valence-corrected chi connectivity index (χ3v) is 2.35. The number of hydrogen-bond donors (Lipinski definition) is 0. The lowest BCUT2D eigenvalue weighted by Crippen LogP contribution is -2.02. The van der Waals surface area contributed by atoms with E-state index in [0.717, 1.165) is 36.6 Å². The van der Waals surface area contributed by atoms with E-state index < -0.39 is 0 Å². The number of aryl methyl sites for hydroxylation is 2. The van der Waals surface area contributed by atoms with Crippen LogP contribution in [0.25, 0.3) is 0 Å². The minimum atomic E-state index is 0.771. The quantitative estimate of drug-likeness (QED) is 0.685. The Morgan fingerprint density at radius 1 is 1.29 bits per heavy atom. The molecular weight excluding hydrogens is 174 g/mol. The van der Waals surface area contributed by atoms with Gasteiger partial charge in [-0.3, -0.25) is 0 Å². The minimum Gasteiger partial charge on any atom is -0.477 e. The summed E-state index contributed by atoms with van der Waals surface area (Å²) in [4.78, 5) is 4.38. The Hall–Kier alpha value is -1.05. The average molecular weight is 193 g/mol. The van der Waals surface area contributed by atoms with Crippen LogP contribution in [-0.4, -0.2) is 11.6 Å². The van der Waals surface area contributed by atoms with E-state index in [9.17, 15) is 0 Å². The van der Waals surface area contributed by atoms with Crippen molar-refractivity contribution < 1.29 is 4.74 Å². The number of hydrogen-bond acceptors (Lipinski definition) is 2. The Kier molecular flexibility index (Phi) is 3.93. The zero-order valence-corrected chi connectivity index (χ0v) is 9.55. The Morgan fingerprint density at radius 2 is 2.00 bits per heavy atom. The number of aromatic nitrogens is 1. The fourth-order valence-corrected chi connectivity index (χ4v) is 1.32. The van der Waals surface area contributed by atoms with Crippen LogP contribution < -0.4 is 4.74 Å². The first-order valence-electron chi connectivity index (χ1n) is 5.22. The van der Waals surface area contributed by atoms with Gasteiger partial charge >= 0.3 is 0 Å². The van der Waals surface area contributed by atoms with E-state index in [2.05, 4.69) is 31.8 Å². The molecule has 0 bridgehead atoms. The van der Waals surface area contributed by atoms with Gasteiger partial charge in [0, 0.05) is 11.3 Å². The molecule has 78 valence electrons. The monoisotopic (exact) mass is 193 g/mol. The lowest BCUT2D eigenvalue weighted by molar-refractivity contribution is 0.295. The lowest BCUT2D eigenvalue weighted by Gasteiger charge is -2.10. The number of nitrogens with zero attached hydrogens (tertiary/aromatic N) is 1. The maximum absolute atomic E-state index is 5.63. The first-order chi connectivity index (χ1) is 6.65. The molecule has 0 spiro atoms. The van der Waals surface area contributed by atoms with Gasteiger partial charge in [0.25, 0.3) is 0 Å². The summed E-state index contributed by atoms with van der Waals surface area (Å²) in [5.74, 6) is 0.802. The van der Waals surface area contributed by atoms with Crippen molar-refractivity contribution in [2.24, 2.45) is 0 Å².